The first kappa shape index (κ1) is 15.5. The predicted octanol–water partition coefficient (Wildman–Crippen LogP) is 2.35. The number of carbonyl (C=O) groups excluding carboxylic acids is 2. The maximum atomic E-state index is 12.8. The maximum Gasteiger partial charge on any atom is 0.251 e. The molecule has 114 valence electrons. The molecular formula is C16H21FN2O2. The van der Waals surface area contributed by atoms with Crippen LogP contribution in [0.2, 0.25) is 0 Å². The van der Waals surface area contributed by atoms with Crippen molar-refractivity contribution >= 4 is 11.8 Å². The smallest absolute Gasteiger partial charge is 0.251 e. The van der Waals surface area contributed by atoms with E-state index in [1.165, 1.54) is 24.3 Å². The highest BCUT2D eigenvalue weighted by Gasteiger charge is 2.15. The third-order valence-electron chi connectivity index (χ3n) is 3.67. The van der Waals surface area contributed by atoms with Crippen LogP contribution in [-0.2, 0) is 4.79 Å². The molecule has 2 amide bonds. The van der Waals surface area contributed by atoms with Gasteiger partial charge in [-0.25, -0.2) is 4.39 Å². The number of nitrogens with one attached hydrogen (secondary N) is 1. The minimum absolute atomic E-state index is 0.211. The van der Waals surface area contributed by atoms with E-state index in [4.69, 9.17) is 0 Å². The van der Waals surface area contributed by atoms with E-state index in [9.17, 15) is 14.0 Å². The molecule has 1 N–H and O–H groups in total. The Bertz CT molecular complexity index is 488. The van der Waals surface area contributed by atoms with Gasteiger partial charge in [0.2, 0.25) is 5.91 Å². The number of nitrogens with zero attached hydrogens (tertiary/aromatic N) is 1. The lowest BCUT2D eigenvalue weighted by Gasteiger charge is -2.20. The van der Waals surface area contributed by atoms with Crippen LogP contribution in [0.25, 0.3) is 0 Å². The fourth-order valence-electron chi connectivity index (χ4n) is 2.45. The van der Waals surface area contributed by atoms with Gasteiger partial charge in [0.1, 0.15) is 5.82 Å². The standard InChI is InChI=1S/C16H21FN2O2/c17-14-8-6-13(7-9-14)16(21)18-10-4-12-19-11-3-1-2-5-15(19)20/h6-9H,1-5,10-12H2,(H,18,21). The van der Waals surface area contributed by atoms with Crippen molar-refractivity contribution in [3.63, 3.8) is 0 Å². The SMILES string of the molecule is O=C(NCCCN1CCCCCC1=O)c1ccc(F)cc1. The van der Waals surface area contributed by atoms with Crippen LogP contribution in [0.5, 0.6) is 0 Å². The number of amides is 2. The van der Waals surface area contributed by atoms with Crippen molar-refractivity contribution in [3.8, 4) is 0 Å². The molecule has 1 saturated heterocycles. The van der Waals surface area contributed by atoms with Crippen LogP contribution in [0.1, 0.15) is 42.5 Å². The van der Waals surface area contributed by atoms with Gasteiger partial charge in [0, 0.05) is 31.6 Å². The van der Waals surface area contributed by atoms with E-state index < -0.39 is 0 Å². The van der Waals surface area contributed by atoms with E-state index in [1.54, 1.807) is 0 Å². The van der Waals surface area contributed by atoms with Crippen molar-refractivity contribution < 1.29 is 14.0 Å². The number of halogens is 1. The molecule has 1 aliphatic heterocycles. The van der Waals surface area contributed by atoms with Crippen LogP contribution in [-0.4, -0.2) is 36.3 Å². The highest BCUT2D eigenvalue weighted by molar-refractivity contribution is 5.94. The number of benzene rings is 1. The molecule has 5 heteroatoms. The highest BCUT2D eigenvalue weighted by atomic mass is 19.1. The number of carbonyl (C=O) groups is 2. The quantitative estimate of drug-likeness (QED) is 0.847. The van der Waals surface area contributed by atoms with Gasteiger partial charge in [-0.05, 0) is 43.5 Å². The van der Waals surface area contributed by atoms with E-state index in [0.717, 1.165) is 32.2 Å². The van der Waals surface area contributed by atoms with Crippen molar-refractivity contribution in [1.82, 2.24) is 10.2 Å². The lowest BCUT2D eigenvalue weighted by Crippen LogP contribution is -2.34. The molecule has 4 nitrogen and oxygen atoms in total. The fraction of sp³-hybridized carbons (Fsp3) is 0.500. The largest absolute Gasteiger partial charge is 0.352 e. The molecule has 0 radical (unpaired) electrons. The molecule has 1 aromatic carbocycles. The van der Waals surface area contributed by atoms with E-state index in [-0.39, 0.29) is 17.6 Å². The molecule has 21 heavy (non-hydrogen) atoms. The fourth-order valence-corrected chi connectivity index (χ4v) is 2.45. The zero-order chi connectivity index (χ0) is 15.1. The molecule has 1 aliphatic rings. The lowest BCUT2D eigenvalue weighted by atomic mass is 10.2. The van der Waals surface area contributed by atoms with Crippen LogP contribution in [0.3, 0.4) is 0 Å². The van der Waals surface area contributed by atoms with Crippen molar-refractivity contribution in [2.45, 2.75) is 32.1 Å². The zero-order valence-corrected chi connectivity index (χ0v) is 12.1. The van der Waals surface area contributed by atoms with E-state index in [1.807, 2.05) is 4.90 Å². The molecule has 0 aromatic heterocycles. The molecule has 0 aliphatic carbocycles. The lowest BCUT2D eigenvalue weighted by molar-refractivity contribution is -0.130. The minimum Gasteiger partial charge on any atom is -0.352 e. The number of hydrogen-bond acceptors (Lipinski definition) is 2. The molecule has 1 aromatic rings. The second kappa shape index (κ2) is 7.76. The van der Waals surface area contributed by atoms with Crippen LogP contribution in [0, 0.1) is 5.82 Å². The summed E-state index contributed by atoms with van der Waals surface area (Å²) >= 11 is 0. The van der Waals surface area contributed by atoms with Crippen LogP contribution < -0.4 is 5.32 Å². The number of rotatable bonds is 5. The molecule has 0 saturated carbocycles. The van der Waals surface area contributed by atoms with Crippen molar-refractivity contribution in [2.75, 3.05) is 19.6 Å². The first-order valence-corrected chi connectivity index (χ1v) is 7.48. The molecule has 0 unspecified atom stereocenters. The van der Waals surface area contributed by atoms with Crippen LogP contribution in [0.15, 0.2) is 24.3 Å². The van der Waals surface area contributed by atoms with Crippen molar-refractivity contribution in [1.29, 1.82) is 0 Å². The Morgan fingerprint density at radius 2 is 1.95 bits per heavy atom. The first-order chi connectivity index (χ1) is 10.2. The van der Waals surface area contributed by atoms with Gasteiger partial charge in [-0.2, -0.15) is 0 Å². The van der Waals surface area contributed by atoms with Gasteiger partial charge in [0.25, 0.3) is 5.91 Å². The van der Waals surface area contributed by atoms with Gasteiger partial charge in [-0.1, -0.05) is 6.42 Å². The van der Waals surface area contributed by atoms with Crippen LogP contribution in [0.4, 0.5) is 4.39 Å². The molecule has 0 bridgehead atoms. The predicted molar refractivity (Wildman–Crippen MR) is 78.4 cm³/mol. The van der Waals surface area contributed by atoms with E-state index in [2.05, 4.69) is 5.32 Å². The second-order valence-electron chi connectivity index (χ2n) is 5.31. The average Bonchev–Trinajstić information content (AvgIpc) is 2.69. The second-order valence-corrected chi connectivity index (χ2v) is 5.31. The van der Waals surface area contributed by atoms with Gasteiger partial charge in [0.15, 0.2) is 0 Å². The minimum atomic E-state index is -0.355. The summed E-state index contributed by atoms with van der Waals surface area (Å²) in [7, 11) is 0. The van der Waals surface area contributed by atoms with Gasteiger partial charge in [-0.15, -0.1) is 0 Å². The molecule has 0 atom stereocenters. The Balaban J connectivity index is 1.70. The summed E-state index contributed by atoms with van der Waals surface area (Å²) in [6, 6.07) is 5.46. The van der Waals surface area contributed by atoms with Crippen molar-refractivity contribution in [3.05, 3.63) is 35.6 Å². The normalized spacial score (nSPS) is 15.7. The molecular weight excluding hydrogens is 271 g/mol. The Morgan fingerprint density at radius 3 is 2.71 bits per heavy atom. The van der Waals surface area contributed by atoms with Crippen LogP contribution >= 0.6 is 0 Å². The molecule has 0 spiro atoms. The molecule has 1 fully saturated rings. The summed E-state index contributed by atoms with van der Waals surface area (Å²) in [4.78, 5) is 25.5. The highest BCUT2D eigenvalue weighted by Crippen LogP contribution is 2.11. The third-order valence-corrected chi connectivity index (χ3v) is 3.67. The summed E-state index contributed by atoms with van der Waals surface area (Å²) < 4.78 is 12.8. The van der Waals surface area contributed by atoms with Gasteiger partial charge in [0.05, 0.1) is 0 Å². The first-order valence-electron chi connectivity index (χ1n) is 7.48. The number of likely N-dealkylation sites (tertiary alicyclic amines) is 1. The van der Waals surface area contributed by atoms with E-state index >= 15 is 0 Å². The molecule has 2 rings (SSSR count). The summed E-state index contributed by atoms with van der Waals surface area (Å²) in [6.45, 7) is 2.02. The summed E-state index contributed by atoms with van der Waals surface area (Å²) in [5.41, 5.74) is 0.447. The Kier molecular flexibility index (Phi) is 5.72. The summed E-state index contributed by atoms with van der Waals surface area (Å²) in [5.74, 6) is -0.347. The van der Waals surface area contributed by atoms with E-state index in [0.29, 0.717) is 25.1 Å². The van der Waals surface area contributed by atoms with Gasteiger partial charge < -0.3 is 10.2 Å². The zero-order valence-electron chi connectivity index (χ0n) is 12.1. The topological polar surface area (TPSA) is 49.4 Å². The van der Waals surface area contributed by atoms with Gasteiger partial charge in [-0.3, -0.25) is 9.59 Å². The van der Waals surface area contributed by atoms with Crippen molar-refractivity contribution in [2.24, 2.45) is 0 Å². The Morgan fingerprint density at radius 1 is 1.19 bits per heavy atom. The third kappa shape index (κ3) is 4.85. The molecule has 1 heterocycles. The summed E-state index contributed by atoms with van der Waals surface area (Å²) in [5, 5.41) is 2.79. The Labute approximate surface area is 124 Å². The van der Waals surface area contributed by atoms with Gasteiger partial charge >= 0.3 is 0 Å². The monoisotopic (exact) mass is 292 g/mol. The maximum absolute atomic E-state index is 12.8. The average molecular weight is 292 g/mol. The Hall–Kier alpha value is -1.91. The number of hydrogen-bond donors (Lipinski definition) is 1. The summed E-state index contributed by atoms with van der Waals surface area (Å²) in [6.07, 6.45) is 4.54.